The molecule has 10 heteroatoms. The summed E-state index contributed by atoms with van der Waals surface area (Å²) in [5.74, 6) is 0. The molecule has 0 aromatic carbocycles. The van der Waals surface area contributed by atoms with E-state index in [0.717, 1.165) is 22.1 Å². The second-order valence-corrected chi connectivity index (χ2v) is 11.6. The van der Waals surface area contributed by atoms with Gasteiger partial charge in [0.2, 0.25) is 0 Å². The molecule has 2 atom stereocenters. The summed E-state index contributed by atoms with van der Waals surface area (Å²) in [6.07, 6.45) is 2.97. The molecule has 31 heavy (non-hydrogen) atoms. The monoisotopic (exact) mass is 547 g/mol. The van der Waals surface area contributed by atoms with Crippen molar-refractivity contribution >= 4 is 36.0 Å². The molecule has 2 aliphatic rings. The van der Waals surface area contributed by atoms with Gasteiger partial charge in [0.25, 0.3) is 0 Å². The van der Waals surface area contributed by atoms with Crippen LogP contribution < -0.4 is 0 Å². The zero-order chi connectivity index (χ0) is 23.2. The van der Waals surface area contributed by atoms with E-state index in [1.54, 1.807) is 0 Å². The van der Waals surface area contributed by atoms with Crippen LogP contribution in [0.15, 0.2) is 6.20 Å². The third-order valence-corrected chi connectivity index (χ3v) is 7.05. The summed E-state index contributed by atoms with van der Waals surface area (Å²) in [6.45, 7) is 16.8. The first-order valence-corrected chi connectivity index (χ1v) is 12.0. The quantitative estimate of drug-likeness (QED) is 0.403. The zero-order valence-electron chi connectivity index (χ0n) is 19.9. The van der Waals surface area contributed by atoms with E-state index in [9.17, 15) is 4.79 Å². The van der Waals surface area contributed by atoms with Crippen molar-refractivity contribution in [3.63, 3.8) is 0 Å². The van der Waals surface area contributed by atoms with E-state index >= 15 is 0 Å². The van der Waals surface area contributed by atoms with Crippen LogP contribution in [0.4, 0.5) is 4.79 Å². The van der Waals surface area contributed by atoms with Crippen LogP contribution >= 0.6 is 22.6 Å². The third kappa shape index (κ3) is 5.75. The molecule has 0 radical (unpaired) electrons. The van der Waals surface area contributed by atoms with Crippen molar-refractivity contribution in [2.24, 2.45) is 0 Å². The smallest absolute Gasteiger partial charge is 0.444 e. The fourth-order valence-corrected chi connectivity index (χ4v) is 4.18. The predicted octanol–water partition coefficient (Wildman–Crippen LogP) is 4.38. The van der Waals surface area contributed by atoms with Gasteiger partial charge >= 0.3 is 13.4 Å². The van der Waals surface area contributed by atoms with Gasteiger partial charge in [0.1, 0.15) is 5.60 Å². The van der Waals surface area contributed by atoms with Gasteiger partial charge in [0.05, 0.1) is 45.8 Å². The number of ether oxygens (including phenoxy) is 1. The molecule has 0 spiro atoms. The molecule has 0 saturated carbocycles. The Morgan fingerprint density at radius 1 is 1.32 bits per heavy atom. The van der Waals surface area contributed by atoms with Crippen molar-refractivity contribution in [1.82, 2.24) is 14.7 Å². The van der Waals surface area contributed by atoms with E-state index in [2.05, 4.69) is 27.7 Å². The summed E-state index contributed by atoms with van der Waals surface area (Å²) in [7, 11) is -0.687. The summed E-state index contributed by atoms with van der Waals surface area (Å²) in [4.78, 5) is 14.8. The van der Waals surface area contributed by atoms with Crippen LogP contribution in [0.5, 0.6) is 0 Å². The molecule has 1 fully saturated rings. The number of hydrogen-bond acceptors (Lipinski definition) is 6. The van der Waals surface area contributed by atoms with Crippen molar-refractivity contribution in [2.45, 2.75) is 110 Å². The predicted molar refractivity (Wildman–Crippen MR) is 126 cm³/mol. The van der Waals surface area contributed by atoms with Crippen molar-refractivity contribution < 1.29 is 23.5 Å². The van der Waals surface area contributed by atoms with Crippen LogP contribution in [0.2, 0.25) is 0 Å². The Labute approximate surface area is 199 Å². The lowest BCUT2D eigenvalue weighted by Crippen LogP contribution is -2.48. The summed E-state index contributed by atoms with van der Waals surface area (Å²) < 4.78 is 26.6. The first-order chi connectivity index (χ1) is 14.2. The highest BCUT2D eigenvalue weighted by Gasteiger charge is 2.53. The number of nitrogens with zero attached hydrogens (tertiary/aromatic N) is 3. The van der Waals surface area contributed by atoms with E-state index in [1.807, 2.05) is 71.2 Å². The molecule has 1 saturated heterocycles. The SMILES string of the molecule is CC(CCC1Cn2ncc(I)c2CN1C(=O)OC(C)(C)C)OB1OC(C)(C)C(C)(C)O1. The normalized spacial score (nSPS) is 23.6. The summed E-state index contributed by atoms with van der Waals surface area (Å²) in [5, 5.41) is 4.48. The number of rotatable bonds is 5. The highest BCUT2D eigenvalue weighted by molar-refractivity contribution is 14.1. The molecule has 3 heterocycles. The first kappa shape index (κ1) is 24.8. The van der Waals surface area contributed by atoms with Crippen molar-refractivity contribution in [3.05, 3.63) is 15.5 Å². The van der Waals surface area contributed by atoms with Gasteiger partial charge in [-0.3, -0.25) is 9.58 Å². The summed E-state index contributed by atoms with van der Waals surface area (Å²) in [6, 6.07) is -0.0256. The lowest BCUT2D eigenvalue weighted by Gasteiger charge is -2.37. The maximum Gasteiger partial charge on any atom is 0.640 e. The molecule has 1 aromatic rings. The van der Waals surface area contributed by atoms with Gasteiger partial charge in [0, 0.05) is 6.10 Å². The summed E-state index contributed by atoms with van der Waals surface area (Å²) >= 11 is 2.26. The van der Waals surface area contributed by atoms with Gasteiger partial charge < -0.3 is 18.7 Å². The maximum absolute atomic E-state index is 12.9. The van der Waals surface area contributed by atoms with E-state index in [0.29, 0.717) is 13.1 Å². The molecule has 8 nitrogen and oxygen atoms in total. The molecular formula is C21H35BIN3O5. The Bertz CT molecular complexity index is 791. The topological polar surface area (TPSA) is 75.1 Å². The standard InChI is InChI=1S/C21H35BIN3O5/c1-14(29-22-30-20(5,6)21(7,8)31-22)9-10-15-12-26-17(16(23)11-24-26)13-25(15)18(27)28-19(2,3)4/h11,14-15H,9-10,12-13H2,1-8H3. The van der Waals surface area contributed by atoms with Crippen molar-refractivity contribution in [3.8, 4) is 0 Å². The highest BCUT2D eigenvalue weighted by Crippen LogP contribution is 2.37. The molecule has 1 aromatic heterocycles. The summed E-state index contributed by atoms with van der Waals surface area (Å²) in [5.41, 5.74) is -0.354. The molecule has 1 amide bonds. The molecule has 0 bridgehead atoms. The van der Waals surface area contributed by atoms with Crippen LogP contribution in [0, 0.1) is 3.57 Å². The molecule has 0 aliphatic carbocycles. The molecule has 3 rings (SSSR count). The van der Waals surface area contributed by atoms with E-state index in [4.69, 9.17) is 18.7 Å². The van der Waals surface area contributed by atoms with Crippen LogP contribution in [0.1, 0.15) is 73.9 Å². The number of carbonyl (C=O) groups excluding carboxylic acids is 1. The molecule has 174 valence electrons. The number of fused-ring (bicyclic) bond motifs is 1. The fraction of sp³-hybridized carbons (Fsp3) is 0.810. The average molecular weight is 547 g/mol. The number of hydrogen-bond donors (Lipinski definition) is 0. The Balaban J connectivity index is 1.63. The third-order valence-electron chi connectivity index (χ3n) is 6.15. The van der Waals surface area contributed by atoms with Gasteiger partial charge in [-0.1, -0.05) is 0 Å². The van der Waals surface area contributed by atoms with Crippen LogP contribution in [-0.2, 0) is 31.8 Å². The minimum absolute atomic E-state index is 0.0256. The Kier molecular flexibility index (Phi) is 7.06. The maximum atomic E-state index is 12.9. The minimum atomic E-state index is -0.687. The van der Waals surface area contributed by atoms with E-state index in [-0.39, 0.29) is 18.2 Å². The van der Waals surface area contributed by atoms with Gasteiger partial charge in [-0.25, -0.2) is 4.79 Å². The molecule has 2 unspecified atom stereocenters. The minimum Gasteiger partial charge on any atom is -0.444 e. The highest BCUT2D eigenvalue weighted by atomic mass is 127. The second-order valence-electron chi connectivity index (χ2n) is 10.5. The van der Waals surface area contributed by atoms with Gasteiger partial charge in [-0.05, 0) is 90.8 Å². The van der Waals surface area contributed by atoms with Gasteiger partial charge in [-0.15, -0.1) is 0 Å². The van der Waals surface area contributed by atoms with Gasteiger partial charge in [0.15, 0.2) is 0 Å². The van der Waals surface area contributed by atoms with Crippen molar-refractivity contribution in [1.29, 1.82) is 0 Å². The van der Waals surface area contributed by atoms with Crippen molar-refractivity contribution in [2.75, 3.05) is 0 Å². The number of aromatic nitrogens is 2. The largest absolute Gasteiger partial charge is 0.640 e. The van der Waals surface area contributed by atoms with Crippen LogP contribution in [0.3, 0.4) is 0 Å². The second kappa shape index (κ2) is 8.83. The number of halogens is 1. The van der Waals surface area contributed by atoms with Crippen LogP contribution in [0.25, 0.3) is 0 Å². The molecule has 0 N–H and O–H groups in total. The molecular weight excluding hydrogens is 512 g/mol. The average Bonchev–Trinajstić information content (AvgIpc) is 3.06. The fourth-order valence-electron chi connectivity index (χ4n) is 3.60. The Morgan fingerprint density at radius 3 is 2.52 bits per heavy atom. The lowest BCUT2D eigenvalue weighted by atomic mass is 9.90. The van der Waals surface area contributed by atoms with Gasteiger partial charge in [-0.2, -0.15) is 5.10 Å². The first-order valence-electron chi connectivity index (χ1n) is 10.9. The molecule has 2 aliphatic heterocycles. The van der Waals surface area contributed by atoms with Crippen LogP contribution in [-0.4, -0.2) is 57.0 Å². The Morgan fingerprint density at radius 2 is 1.94 bits per heavy atom. The Hall–Kier alpha value is -0.845. The number of carbonyl (C=O) groups is 1. The lowest BCUT2D eigenvalue weighted by molar-refractivity contribution is 0.00304. The zero-order valence-corrected chi connectivity index (χ0v) is 22.1. The van der Waals surface area contributed by atoms with E-state index in [1.165, 1.54) is 0 Å². The number of amides is 1. The van der Waals surface area contributed by atoms with E-state index < -0.39 is 24.1 Å².